The number of thioether (sulfide) groups is 1. The van der Waals surface area contributed by atoms with Gasteiger partial charge in [0.15, 0.2) is 0 Å². The molecule has 0 unspecified atom stereocenters. The van der Waals surface area contributed by atoms with Crippen LogP contribution < -0.4 is 0 Å². The van der Waals surface area contributed by atoms with Gasteiger partial charge in [0.2, 0.25) is 0 Å². The number of hydrogen-bond donors (Lipinski definition) is 0. The number of aryl methyl sites for hydroxylation is 2. The Labute approximate surface area is 124 Å². The zero-order valence-electron chi connectivity index (χ0n) is 12.5. The lowest BCUT2D eigenvalue weighted by molar-refractivity contribution is -0.142. The molecule has 0 aliphatic carbocycles. The van der Waals surface area contributed by atoms with Gasteiger partial charge in [-0.1, -0.05) is 18.2 Å². The quantitative estimate of drug-likeness (QED) is 0.790. The van der Waals surface area contributed by atoms with Gasteiger partial charge in [0.05, 0.1) is 13.0 Å². The Bertz CT molecular complexity index is 579. The standard InChI is InChI=1S/C16H21NO2S/c1-11-12-7-5-6-8-14(12)17(2)15(11)13(9-10-20-4)16(18)19-3/h5-8,13H,9-10H2,1-4H3/t13-/m1/s1. The van der Waals surface area contributed by atoms with E-state index < -0.39 is 0 Å². The zero-order valence-corrected chi connectivity index (χ0v) is 13.3. The largest absolute Gasteiger partial charge is 0.469 e. The number of ether oxygens (including phenoxy) is 1. The van der Waals surface area contributed by atoms with Crippen LogP contribution in [0.3, 0.4) is 0 Å². The highest BCUT2D eigenvalue weighted by Gasteiger charge is 2.27. The van der Waals surface area contributed by atoms with Crippen molar-refractivity contribution in [3.05, 3.63) is 35.5 Å². The molecule has 2 rings (SSSR count). The summed E-state index contributed by atoms with van der Waals surface area (Å²) in [6.07, 6.45) is 2.86. The zero-order chi connectivity index (χ0) is 14.7. The highest BCUT2D eigenvalue weighted by Crippen LogP contribution is 2.32. The van der Waals surface area contributed by atoms with Crippen molar-refractivity contribution in [1.29, 1.82) is 0 Å². The number of carbonyl (C=O) groups excluding carboxylic acids is 1. The molecule has 0 amide bonds. The maximum atomic E-state index is 12.2. The van der Waals surface area contributed by atoms with Crippen molar-refractivity contribution in [1.82, 2.24) is 4.57 Å². The van der Waals surface area contributed by atoms with Crippen LogP contribution in [0.1, 0.15) is 23.6 Å². The third-order valence-electron chi connectivity index (χ3n) is 3.84. The molecule has 20 heavy (non-hydrogen) atoms. The molecule has 1 aromatic carbocycles. The average molecular weight is 291 g/mol. The second-order valence-corrected chi connectivity index (χ2v) is 5.93. The van der Waals surface area contributed by atoms with E-state index in [4.69, 9.17) is 4.74 Å². The van der Waals surface area contributed by atoms with Gasteiger partial charge in [-0.15, -0.1) is 0 Å². The van der Waals surface area contributed by atoms with E-state index in [9.17, 15) is 4.79 Å². The summed E-state index contributed by atoms with van der Waals surface area (Å²) in [6, 6.07) is 8.26. The third kappa shape index (κ3) is 2.57. The van der Waals surface area contributed by atoms with Crippen molar-refractivity contribution in [2.24, 2.45) is 7.05 Å². The molecule has 4 heteroatoms. The van der Waals surface area contributed by atoms with Crippen LogP contribution in [-0.4, -0.2) is 29.7 Å². The molecular weight excluding hydrogens is 270 g/mol. The van der Waals surface area contributed by atoms with Crippen molar-refractivity contribution in [3.63, 3.8) is 0 Å². The Morgan fingerprint density at radius 2 is 2.10 bits per heavy atom. The minimum atomic E-state index is -0.190. The molecular formula is C16H21NO2S. The second-order valence-electron chi connectivity index (χ2n) is 4.94. The van der Waals surface area contributed by atoms with E-state index in [1.54, 1.807) is 11.8 Å². The SMILES string of the molecule is COC(=O)[C@H](CCSC)c1c(C)c2ccccc2n1C. The lowest BCUT2D eigenvalue weighted by atomic mass is 9.98. The first-order chi connectivity index (χ1) is 9.61. The normalized spacial score (nSPS) is 12.6. The number of benzene rings is 1. The van der Waals surface area contributed by atoms with E-state index in [1.807, 2.05) is 19.2 Å². The highest BCUT2D eigenvalue weighted by atomic mass is 32.2. The first-order valence-corrected chi connectivity index (χ1v) is 8.11. The molecule has 0 N–H and O–H groups in total. The summed E-state index contributed by atoms with van der Waals surface area (Å²) in [4.78, 5) is 12.2. The van der Waals surface area contributed by atoms with Crippen LogP contribution in [0.25, 0.3) is 10.9 Å². The van der Waals surface area contributed by atoms with Gasteiger partial charge in [-0.3, -0.25) is 4.79 Å². The molecule has 1 aromatic heterocycles. The molecule has 0 aliphatic rings. The van der Waals surface area contributed by atoms with Crippen LogP contribution in [0.4, 0.5) is 0 Å². The molecule has 0 bridgehead atoms. The van der Waals surface area contributed by atoms with Gasteiger partial charge in [-0.2, -0.15) is 11.8 Å². The number of rotatable bonds is 5. The number of para-hydroxylation sites is 1. The van der Waals surface area contributed by atoms with Crippen LogP contribution >= 0.6 is 11.8 Å². The van der Waals surface area contributed by atoms with Crippen molar-refractivity contribution >= 4 is 28.6 Å². The molecule has 2 aromatic rings. The van der Waals surface area contributed by atoms with Crippen LogP contribution in [-0.2, 0) is 16.6 Å². The summed E-state index contributed by atoms with van der Waals surface area (Å²) in [5.74, 6) is 0.610. The molecule has 0 saturated carbocycles. The van der Waals surface area contributed by atoms with E-state index in [1.165, 1.54) is 18.1 Å². The maximum Gasteiger partial charge on any atom is 0.314 e. The Morgan fingerprint density at radius 3 is 2.70 bits per heavy atom. The monoisotopic (exact) mass is 291 g/mol. The first-order valence-electron chi connectivity index (χ1n) is 6.72. The Balaban J connectivity index is 2.55. The predicted molar refractivity (Wildman–Crippen MR) is 85.4 cm³/mol. The average Bonchev–Trinajstić information content (AvgIpc) is 2.73. The van der Waals surface area contributed by atoms with Gasteiger partial charge < -0.3 is 9.30 Å². The molecule has 0 spiro atoms. The van der Waals surface area contributed by atoms with Crippen molar-refractivity contribution < 1.29 is 9.53 Å². The summed E-state index contributed by atoms with van der Waals surface area (Å²) in [7, 11) is 3.49. The Kier molecular flexibility index (Phi) is 4.76. The van der Waals surface area contributed by atoms with Gasteiger partial charge in [-0.25, -0.2) is 0 Å². The summed E-state index contributed by atoms with van der Waals surface area (Å²) >= 11 is 1.75. The maximum absolute atomic E-state index is 12.2. The number of aromatic nitrogens is 1. The summed E-state index contributed by atoms with van der Waals surface area (Å²) in [5, 5.41) is 1.21. The molecule has 3 nitrogen and oxygen atoms in total. The molecule has 108 valence electrons. The summed E-state index contributed by atoms with van der Waals surface area (Å²) in [6.45, 7) is 2.09. The van der Waals surface area contributed by atoms with E-state index in [0.717, 1.165) is 23.4 Å². The fourth-order valence-electron chi connectivity index (χ4n) is 2.84. The number of methoxy groups -OCH3 is 1. The van der Waals surface area contributed by atoms with E-state index >= 15 is 0 Å². The van der Waals surface area contributed by atoms with Gasteiger partial charge in [0, 0.05) is 23.6 Å². The van der Waals surface area contributed by atoms with Gasteiger partial charge in [0.25, 0.3) is 0 Å². The van der Waals surface area contributed by atoms with Crippen LogP contribution in [0.15, 0.2) is 24.3 Å². The minimum Gasteiger partial charge on any atom is -0.469 e. The van der Waals surface area contributed by atoms with Gasteiger partial charge in [-0.05, 0) is 37.0 Å². The number of carbonyl (C=O) groups is 1. The third-order valence-corrected chi connectivity index (χ3v) is 4.49. The number of nitrogens with zero attached hydrogens (tertiary/aromatic N) is 1. The molecule has 0 aliphatic heterocycles. The Hall–Kier alpha value is -1.42. The van der Waals surface area contributed by atoms with Gasteiger partial charge >= 0.3 is 5.97 Å². The fourth-order valence-corrected chi connectivity index (χ4v) is 3.31. The van der Waals surface area contributed by atoms with Crippen LogP contribution in [0.5, 0.6) is 0 Å². The summed E-state index contributed by atoms with van der Waals surface area (Å²) < 4.78 is 7.14. The highest BCUT2D eigenvalue weighted by molar-refractivity contribution is 7.98. The van der Waals surface area contributed by atoms with Crippen molar-refractivity contribution in [2.75, 3.05) is 19.1 Å². The molecule has 1 atom stereocenters. The smallest absolute Gasteiger partial charge is 0.314 e. The van der Waals surface area contributed by atoms with Crippen molar-refractivity contribution in [2.45, 2.75) is 19.3 Å². The topological polar surface area (TPSA) is 31.2 Å². The lowest BCUT2D eigenvalue weighted by Gasteiger charge is -2.17. The molecule has 0 radical (unpaired) electrons. The van der Waals surface area contributed by atoms with Crippen LogP contribution in [0, 0.1) is 6.92 Å². The number of esters is 1. The molecule has 1 heterocycles. The van der Waals surface area contributed by atoms with Crippen LogP contribution in [0.2, 0.25) is 0 Å². The second kappa shape index (κ2) is 6.35. The predicted octanol–water partition coefficient (Wildman–Crippen LogP) is 3.50. The van der Waals surface area contributed by atoms with Gasteiger partial charge in [0.1, 0.15) is 0 Å². The number of hydrogen-bond acceptors (Lipinski definition) is 3. The van der Waals surface area contributed by atoms with Crippen molar-refractivity contribution in [3.8, 4) is 0 Å². The van der Waals surface area contributed by atoms with E-state index in [2.05, 4.69) is 29.9 Å². The molecule has 0 saturated heterocycles. The number of fused-ring (bicyclic) bond motifs is 1. The molecule has 0 fully saturated rings. The Morgan fingerprint density at radius 1 is 1.40 bits per heavy atom. The summed E-state index contributed by atoms with van der Waals surface area (Å²) in [5.41, 5.74) is 3.42. The minimum absolute atomic E-state index is 0.145. The van der Waals surface area contributed by atoms with E-state index in [-0.39, 0.29) is 11.9 Å². The fraction of sp³-hybridized carbons (Fsp3) is 0.438. The lowest BCUT2D eigenvalue weighted by Crippen LogP contribution is -2.18. The first kappa shape index (κ1) is 15.0. The van der Waals surface area contributed by atoms with E-state index in [0.29, 0.717) is 0 Å².